The molecule has 0 saturated carbocycles. The summed E-state index contributed by atoms with van der Waals surface area (Å²) >= 11 is 0. The summed E-state index contributed by atoms with van der Waals surface area (Å²) in [5.74, 6) is 1.54. The predicted octanol–water partition coefficient (Wildman–Crippen LogP) is 2.51. The number of amides is 1. The number of nitrogens with one attached hydrogen (secondary N) is 3. The van der Waals surface area contributed by atoms with Gasteiger partial charge in [-0.05, 0) is 39.5 Å². The average Bonchev–Trinajstić information content (AvgIpc) is 2.34. The summed E-state index contributed by atoms with van der Waals surface area (Å²) in [4.78, 5) is 15.7. The van der Waals surface area contributed by atoms with Crippen molar-refractivity contribution in [3.63, 3.8) is 0 Å². The lowest BCUT2D eigenvalue weighted by atomic mass is 10.0. The summed E-state index contributed by atoms with van der Waals surface area (Å²) in [6, 6.07) is 0.573. The molecule has 0 aromatic carbocycles. The Hall–Kier alpha value is -0.530. The molecule has 0 aromatic rings. The molecule has 3 N–H and O–H groups in total. The van der Waals surface area contributed by atoms with Crippen molar-refractivity contribution in [1.82, 2.24) is 16.0 Å². The topological polar surface area (TPSA) is 65.5 Å². The van der Waals surface area contributed by atoms with E-state index in [1.54, 1.807) is 7.05 Å². The lowest BCUT2D eigenvalue weighted by Crippen LogP contribution is -2.43. The van der Waals surface area contributed by atoms with Crippen molar-refractivity contribution in [3.8, 4) is 0 Å². The molecule has 0 saturated heterocycles. The molecular weight excluding hydrogens is 379 g/mol. The van der Waals surface area contributed by atoms with Gasteiger partial charge in [-0.2, -0.15) is 0 Å². The van der Waals surface area contributed by atoms with E-state index < -0.39 is 0 Å². The highest BCUT2D eigenvalue weighted by Gasteiger charge is 2.07. The first-order valence-electron chi connectivity index (χ1n) is 7.61. The highest BCUT2D eigenvalue weighted by atomic mass is 127. The minimum absolute atomic E-state index is 0. The summed E-state index contributed by atoms with van der Waals surface area (Å²) in [7, 11) is 1.75. The Bertz CT molecular complexity index is 306. The van der Waals surface area contributed by atoms with Gasteiger partial charge in [0, 0.05) is 32.1 Å². The van der Waals surface area contributed by atoms with Gasteiger partial charge in [-0.1, -0.05) is 13.8 Å². The SMILES string of the molecule is CN=C(NCCC(=O)NC(C)C)NC(C)CCC(C)C.I. The first-order valence-corrected chi connectivity index (χ1v) is 7.61. The molecular formula is C15H33IN4O. The van der Waals surface area contributed by atoms with Gasteiger partial charge in [0.2, 0.25) is 5.91 Å². The Labute approximate surface area is 147 Å². The van der Waals surface area contributed by atoms with Gasteiger partial charge in [-0.25, -0.2) is 0 Å². The molecule has 126 valence electrons. The maximum absolute atomic E-state index is 11.5. The number of nitrogens with zero attached hydrogens (tertiary/aromatic N) is 1. The number of aliphatic imine (C=N–C) groups is 1. The van der Waals surface area contributed by atoms with Crippen LogP contribution in [0.25, 0.3) is 0 Å². The van der Waals surface area contributed by atoms with Crippen LogP contribution >= 0.6 is 24.0 Å². The number of carbonyl (C=O) groups excluding carboxylic acids is 1. The van der Waals surface area contributed by atoms with Crippen molar-refractivity contribution >= 4 is 35.8 Å². The molecule has 0 aromatic heterocycles. The fraction of sp³-hybridized carbons (Fsp3) is 0.867. The summed E-state index contributed by atoms with van der Waals surface area (Å²) in [6.07, 6.45) is 2.77. The highest BCUT2D eigenvalue weighted by molar-refractivity contribution is 14.0. The smallest absolute Gasteiger partial charge is 0.221 e. The van der Waals surface area contributed by atoms with E-state index in [0.717, 1.165) is 12.4 Å². The molecule has 1 unspecified atom stereocenters. The fourth-order valence-electron chi connectivity index (χ4n) is 1.77. The van der Waals surface area contributed by atoms with Gasteiger partial charge >= 0.3 is 0 Å². The number of hydrogen-bond acceptors (Lipinski definition) is 2. The summed E-state index contributed by atoms with van der Waals surface area (Å²) in [5.41, 5.74) is 0. The van der Waals surface area contributed by atoms with E-state index in [9.17, 15) is 4.79 Å². The van der Waals surface area contributed by atoms with E-state index in [1.807, 2.05) is 13.8 Å². The second-order valence-electron chi connectivity index (χ2n) is 5.99. The van der Waals surface area contributed by atoms with Crippen molar-refractivity contribution < 1.29 is 4.79 Å². The van der Waals surface area contributed by atoms with E-state index in [-0.39, 0.29) is 35.9 Å². The van der Waals surface area contributed by atoms with Gasteiger partial charge in [-0.3, -0.25) is 9.79 Å². The molecule has 0 bridgehead atoms. The van der Waals surface area contributed by atoms with Crippen LogP contribution in [0.1, 0.15) is 53.9 Å². The van der Waals surface area contributed by atoms with Gasteiger partial charge in [0.15, 0.2) is 5.96 Å². The minimum atomic E-state index is 0. The molecule has 0 aliphatic carbocycles. The van der Waals surface area contributed by atoms with E-state index in [4.69, 9.17) is 0 Å². The molecule has 0 fully saturated rings. The summed E-state index contributed by atoms with van der Waals surface area (Å²) in [6.45, 7) is 11.1. The molecule has 0 aliphatic rings. The van der Waals surface area contributed by atoms with Crippen molar-refractivity contribution in [3.05, 3.63) is 0 Å². The minimum Gasteiger partial charge on any atom is -0.356 e. The molecule has 6 heteroatoms. The van der Waals surface area contributed by atoms with E-state index in [2.05, 4.69) is 41.7 Å². The van der Waals surface area contributed by atoms with Gasteiger partial charge in [-0.15, -0.1) is 24.0 Å². The molecule has 0 rings (SSSR count). The zero-order valence-corrected chi connectivity index (χ0v) is 16.7. The van der Waals surface area contributed by atoms with Crippen molar-refractivity contribution in [2.24, 2.45) is 10.9 Å². The number of halogens is 1. The van der Waals surface area contributed by atoms with Crippen LogP contribution in [0.5, 0.6) is 0 Å². The molecule has 0 heterocycles. The second-order valence-corrected chi connectivity index (χ2v) is 5.99. The maximum atomic E-state index is 11.5. The first kappa shape index (κ1) is 22.7. The van der Waals surface area contributed by atoms with Crippen LogP contribution in [0.2, 0.25) is 0 Å². The Morgan fingerprint density at radius 2 is 1.67 bits per heavy atom. The Kier molecular flexibility index (Phi) is 14.2. The van der Waals surface area contributed by atoms with E-state index >= 15 is 0 Å². The van der Waals surface area contributed by atoms with Crippen LogP contribution in [0.15, 0.2) is 4.99 Å². The van der Waals surface area contributed by atoms with Crippen molar-refractivity contribution in [2.75, 3.05) is 13.6 Å². The summed E-state index contributed by atoms with van der Waals surface area (Å²) < 4.78 is 0. The Morgan fingerprint density at radius 1 is 1.05 bits per heavy atom. The largest absolute Gasteiger partial charge is 0.356 e. The average molecular weight is 412 g/mol. The molecule has 1 amide bonds. The monoisotopic (exact) mass is 412 g/mol. The quantitative estimate of drug-likeness (QED) is 0.326. The van der Waals surface area contributed by atoms with Crippen molar-refractivity contribution in [1.29, 1.82) is 0 Å². The molecule has 0 radical (unpaired) electrons. The third kappa shape index (κ3) is 14.2. The molecule has 5 nitrogen and oxygen atoms in total. The van der Waals surface area contributed by atoms with Gasteiger partial charge in [0.05, 0.1) is 0 Å². The van der Waals surface area contributed by atoms with Crippen LogP contribution in [0.4, 0.5) is 0 Å². The Balaban J connectivity index is 0. The number of guanidine groups is 1. The zero-order chi connectivity index (χ0) is 15.5. The number of rotatable bonds is 8. The first-order chi connectivity index (χ1) is 9.35. The third-order valence-corrected chi connectivity index (χ3v) is 2.88. The van der Waals surface area contributed by atoms with Crippen LogP contribution in [-0.2, 0) is 4.79 Å². The summed E-state index contributed by atoms with van der Waals surface area (Å²) in [5, 5.41) is 9.38. The maximum Gasteiger partial charge on any atom is 0.221 e. The van der Waals surface area contributed by atoms with Crippen LogP contribution in [0.3, 0.4) is 0 Å². The molecule has 0 spiro atoms. The third-order valence-electron chi connectivity index (χ3n) is 2.88. The standard InChI is InChI=1S/C15H32N4O.HI/c1-11(2)7-8-13(5)19-15(16-6)17-10-9-14(20)18-12(3)4;/h11-13H,7-10H2,1-6H3,(H,18,20)(H2,16,17,19);1H. The number of hydrogen-bond donors (Lipinski definition) is 3. The fourth-order valence-corrected chi connectivity index (χ4v) is 1.77. The van der Waals surface area contributed by atoms with Crippen molar-refractivity contribution in [2.45, 2.75) is 66.0 Å². The predicted molar refractivity (Wildman–Crippen MR) is 101 cm³/mol. The molecule has 1 atom stereocenters. The Morgan fingerprint density at radius 3 is 2.14 bits per heavy atom. The van der Waals surface area contributed by atoms with Crippen LogP contribution in [0, 0.1) is 5.92 Å². The second kappa shape index (κ2) is 13.2. The lowest BCUT2D eigenvalue weighted by Gasteiger charge is -2.18. The van der Waals surface area contributed by atoms with Gasteiger partial charge in [0.25, 0.3) is 0 Å². The van der Waals surface area contributed by atoms with E-state index in [0.29, 0.717) is 24.9 Å². The number of carbonyl (C=O) groups is 1. The lowest BCUT2D eigenvalue weighted by molar-refractivity contribution is -0.121. The zero-order valence-electron chi connectivity index (χ0n) is 14.3. The highest BCUT2D eigenvalue weighted by Crippen LogP contribution is 2.06. The molecule has 0 aliphatic heterocycles. The molecule has 21 heavy (non-hydrogen) atoms. The van der Waals surface area contributed by atoms with Crippen LogP contribution < -0.4 is 16.0 Å². The van der Waals surface area contributed by atoms with Gasteiger partial charge in [0.1, 0.15) is 0 Å². The van der Waals surface area contributed by atoms with Gasteiger partial charge < -0.3 is 16.0 Å². The van der Waals surface area contributed by atoms with Crippen LogP contribution in [-0.4, -0.2) is 37.5 Å². The van der Waals surface area contributed by atoms with E-state index in [1.165, 1.54) is 6.42 Å². The normalized spacial score (nSPS) is 12.9.